The van der Waals surface area contributed by atoms with E-state index in [0.29, 0.717) is 11.9 Å². The second-order valence-electron chi connectivity index (χ2n) is 9.65. The molecule has 2 saturated heterocycles. The third-order valence-corrected chi connectivity index (χ3v) is 7.63. The number of ether oxygens (including phenoxy) is 1. The maximum atomic E-state index is 12.7. The Bertz CT molecular complexity index is 648. The number of hydrogen-bond acceptors (Lipinski definition) is 3. The van der Waals surface area contributed by atoms with Crippen molar-refractivity contribution < 1.29 is 9.53 Å². The van der Waals surface area contributed by atoms with E-state index in [-0.39, 0.29) is 5.60 Å². The van der Waals surface area contributed by atoms with Crippen LogP contribution in [0.1, 0.15) is 69.8 Å². The average molecular weight is 399 g/mol. The summed E-state index contributed by atoms with van der Waals surface area (Å²) in [4.78, 5) is 17.3. The van der Waals surface area contributed by atoms with Crippen molar-refractivity contribution in [1.29, 1.82) is 0 Å². The average Bonchev–Trinajstić information content (AvgIpc) is 3.27. The second-order valence-corrected chi connectivity index (χ2v) is 9.65. The third-order valence-electron chi connectivity index (χ3n) is 7.63. The van der Waals surface area contributed by atoms with Crippen LogP contribution in [0.3, 0.4) is 0 Å². The minimum atomic E-state index is -0.0178. The first-order valence-corrected chi connectivity index (χ1v) is 11.8. The van der Waals surface area contributed by atoms with Crippen LogP contribution in [0, 0.1) is 5.92 Å². The topological polar surface area (TPSA) is 32.8 Å². The fourth-order valence-electron chi connectivity index (χ4n) is 5.68. The lowest BCUT2D eigenvalue weighted by atomic mass is 9.81. The molecule has 1 spiro atoms. The fraction of sp³-hybridized carbons (Fsp3) is 0.720. The van der Waals surface area contributed by atoms with E-state index in [1.165, 1.54) is 31.2 Å². The molecule has 1 atom stereocenters. The van der Waals surface area contributed by atoms with E-state index in [1.807, 2.05) is 0 Å². The summed E-state index contributed by atoms with van der Waals surface area (Å²) in [5, 5.41) is 0. The highest BCUT2D eigenvalue weighted by Gasteiger charge is 2.42. The van der Waals surface area contributed by atoms with E-state index in [0.717, 1.165) is 70.7 Å². The van der Waals surface area contributed by atoms with Gasteiger partial charge in [-0.1, -0.05) is 56.0 Å². The lowest BCUT2D eigenvalue weighted by molar-refractivity contribution is -0.149. The van der Waals surface area contributed by atoms with Crippen LogP contribution in [0.2, 0.25) is 0 Å². The van der Waals surface area contributed by atoms with E-state index < -0.39 is 0 Å². The first-order chi connectivity index (χ1) is 14.1. The molecule has 1 aromatic carbocycles. The molecule has 0 aromatic heterocycles. The summed E-state index contributed by atoms with van der Waals surface area (Å²) in [6, 6.07) is 11.3. The Labute approximate surface area is 176 Å². The van der Waals surface area contributed by atoms with Gasteiger partial charge in [0.25, 0.3) is 0 Å². The van der Waals surface area contributed by atoms with E-state index in [9.17, 15) is 4.79 Å². The van der Waals surface area contributed by atoms with Crippen LogP contribution >= 0.6 is 0 Å². The van der Waals surface area contributed by atoms with Crippen molar-refractivity contribution in [2.75, 3.05) is 26.7 Å². The molecule has 3 aliphatic rings. The molecule has 3 fully saturated rings. The van der Waals surface area contributed by atoms with Crippen molar-refractivity contribution in [3.05, 3.63) is 35.9 Å². The molecule has 1 saturated carbocycles. The minimum Gasteiger partial charge on any atom is -0.375 e. The van der Waals surface area contributed by atoms with Gasteiger partial charge in [-0.25, -0.2) is 0 Å². The standard InChI is InChI=1S/C25H38N2O2/c1-26(20-22-9-3-2-4-10-22)23-13-18-29-25(19-23)14-16-27(17-15-25)24(28)12-11-21-7-5-6-8-21/h2-4,9-10,21,23H,5-8,11-20H2,1H3. The van der Waals surface area contributed by atoms with Gasteiger partial charge in [-0.2, -0.15) is 0 Å². The Morgan fingerprint density at radius 2 is 1.86 bits per heavy atom. The lowest BCUT2D eigenvalue weighted by Crippen LogP contribution is -2.54. The van der Waals surface area contributed by atoms with Crippen LogP contribution in [-0.4, -0.2) is 54.1 Å². The van der Waals surface area contributed by atoms with Gasteiger partial charge in [-0.3, -0.25) is 9.69 Å². The summed E-state index contributed by atoms with van der Waals surface area (Å²) in [5.41, 5.74) is 1.36. The zero-order chi connectivity index (χ0) is 20.1. The molecule has 160 valence electrons. The molecular formula is C25H38N2O2. The molecular weight excluding hydrogens is 360 g/mol. The van der Waals surface area contributed by atoms with Crippen LogP contribution in [-0.2, 0) is 16.1 Å². The molecule has 0 bridgehead atoms. The lowest BCUT2D eigenvalue weighted by Gasteiger charge is -2.48. The minimum absolute atomic E-state index is 0.0178. The number of nitrogens with zero attached hydrogens (tertiary/aromatic N) is 2. The van der Waals surface area contributed by atoms with Gasteiger partial charge in [0.05, 0.1) is 5.60 Å². The van der Waals surface area contributed by atoms with E-state index in [4.69, 9.17) is 4.74 Å². The molecule has 4 rings (SSSR count). The summed E-state index contributed by atoms with van der Waals surface area (Å²) in [6.07, 6.45) is 11.4. The summed E-state index contributed by atoms with van der Waals surface area (Å²) >= 11 is 0. The number of benzene rings is 1. The largest absolute Gasteiger partial charge is 0.375 e. The Balaban J connectivity index is 1.25. The molecule has 4 nitrogen and oxygen atoms in total. The van der Waals surface area contributed by atoms with Crippen LogP contribution in [0.4, 0.5) is 0 Å². The van der Waals surface area contributed by atoms with Crippen LogP contribution in [0.25, 0.3) is 0 Å². The van der Waals surface area contributed by atoms with E-state index in [2.05, 4.69) is 47.2 Å². The van der Waals surface area contributed by atoms with Crippen molar-refractivity contribution in [1.82, 2.24) is 9.80 Å². The monoisotopic (exact) mass is 398 g/mol. The zero-order valence-corrected chi connectivity index (χ0v) is 18.2. The van der Waals surface area contributed by atoms with Gasteiger partial charge in [0, 0.05) is 38.7 Å². The Morgan fingerprint density at radius 3 is 2.59 bits per heavy atom. The highest BCUT2D eigenvalue weighted by molar-refractivity contribution is 5.76. The number of carbonyl (C=O) groups is 1. The summed E-state index contributed by atoms with van der Waals surface area (Å²) < 4.78 is 6.34. The number of rotatable bonds is 6. The summed E-state index contributed by atoms with van der Waals surface area (Å²) in [6.45, 7) is 3.59. The van der Waals surface area contributed by atoms with Gasteiger partial charge in [0.1, 0.15) is 0 Å². The molecule has 1 amide bonds. The van der Waals surface area contributed by atoms with Crippen molar-refractivity contribution >= 4 is 5.91 Å². The van der Waals surface area contributed by atoms with Crippen molar-refractivity contribution in [2.24, 2.45) is 5.92 Å². The van der Waals surface area contributed by atoms with Crippen molar-refractivity contribution in [3.63, 3.8) is 0 Å². The van der Waals surface area contributed by atoms with Gasteiger partial charge in [0.2, 0.25) is 5.91 Å². The van der Waals surface area contributed by atoms with Gasteiger partial charge in [-0.05, 0) is 50.6 Å². The molecule has 4 heteroatoms. The van der Waals surface area contributed by atoms with Crippen molar-refractivity contribution in [3.8, 4) is 0 Å². The van der Waals surface area contributed by atoms with Crippen LogP contribution in [0.5, 0.6) is 0 Å². The van der Waals surface area contributed by atoms with E-state index in [1.54, 1.807) is 0 Å². The predicted octanol–water partition coefficient (Wildman–Crippen LogP) is 4.63. The highest BCUT2D eigenvalue weighted by atomic mass is 16.5. The number of piperidine rings is 1. The first-order valence-electron chi connectivity index (χ1n) is 11.8. The second kappa shape index (κ2) is 9.61. The smallest absolute Gasteiger partial charge is 0.222 e. The molecule has 1 aliphatic carbocycles. The van der Waals surface area contributed by atoms with Gasteiger partial charge in [-0.15, -0.1) is 0 Å². The summed E-state index contributed by atoms with van der Waals surface area (Å²) in [7, 11) is 2.25. The summed E-state index contributed by atoms with van der Waals surface area (Å²) in [5.74, 6) is 1.18. The van der Waals surface area contributed by atoms with Gasteiger partial charge < -0.3 is 9.64 Å². The third kappa shape index (κ3) is 5.40. The number of hydrogen-bond donors (Lipinski definition) is 0. The molecule has 29 heavy (non-hydrogen) atoms. The van der Waals surface area contributed by atoms with Crippen LogP contribution in [0.15, 0.2) is 30.3 Å². The van der Waals surface area contributed by atoms with E-state index >= 15 is 0 Å². The molecule has 0 radical (unpaired) electrons. The van der Waals surface area contributed by atoms with Crippen molar-refractivity contribution in [2.45, 2.75) is 82.4 Å². The van der Waals surface area contributed by atoms with Crippen LogP contribution < -0.4 is 0 Å². The molecule has 0 N–H and O–H groups in total. The number of likely N-dealkylation sites (tertiary alicyclic amines) is 1. The highest BCUT2D eigenvalue weighted by Crippen LogP contribution is 2.37. The molecule has 2 heterocycles. The number of carbonyl (C=O) groups excluding carboxylic acids is 1. The maximum Gasteiger partial charge on any atom is 0.222 e. The SMILES string of the molecule is CN(Cc1ccccc1)C1CCOC2(CCN(C(=O)CCC3CCCC3)CC2)C1. The Hall–Kier alpha value is -1.39. The molecule has 1 aromatic rings. The Morgan fingerprint density at radius 1 is 1.14 bits per heavy atom. The molecule has 2 aliphatic heterocycles. The predicted molar refractivity (Wildman–Crippen MR) is 117 cm³/mol. The number of amides is 1. The normalized spacial score (nSPS) is 25.0. The quantitative estimate of drug-likeness (QED) is 0.700. The maximum absolute atomic E-state index is 12.7. The fourth-order valence-corrected chi connectivity index (χ4v) is 5.68. The first kappa shape index (κ1) is 20.9. The Kier molecular flexibility index (Phi) is 6.92. The van der Waals surface area contributed by atoms with Gasteiger partial charge >= 0.3 is 0 Å². The van der Waals surface area contributed by atoms with Gasteiger partial charge in [0.15, 0.2) is 0 Å². The molecule has 1 unspecified atom stereocenters. The zero-order valence-electron chi connectivity index (χ0n) is 18.2.